The van der Waals surface area contributed by atoms with Crippen LogP contribution in [0.5, 0.6) is 0 Å². The van der Waals surface area contributed by atoms with Crippen molar-refractivity contribution in [1.29, 1.82) is 0 Å². The predicted molar refractivity (Wildman–Crippen MR) is 111 cm³/mol. The Morgan fingerprint density at radius 1 is 0.833 bits per heavy atom. The van der Waals surface area contributed by atoms with E-state index in [4.69, 9.17) is 4.42 Å². The summed E-state index contributed by atoms with van der Waals surface area (Å²) in [6.45, 7) is -0.00409. The molecule has 1 aromatic heterocycles. The third kappa shape index (κ3) is 5.36. The minimum atomic E-state index is -3.84. The zero-order valence-electron chi connectivity index (χ0n) is 16.2. The van der Waals surface area contributed by atoms with Crippen molar-refractivity contribution in [2.75, 3.05) is 13.1 Å². The molecule has 2 N–H and O–H groups in total. The van der Waals surface area contributed by atoms with Gasteiger partial charge < -0.3 is 15.1 Å². The van der Waals surface area contributed by atoms with Gasteiger partial charge in [-0.2, -0.15) is 0 Å². The van der Waals surface area contributed by atoms with Gasteiger partial charge in [0.2, 0.25) is 0 Å². The van der Waals surface area contributed by atoms with Crippen LogP contribution in [-0.4, -0.2) is 33.3 Å². The first kappa shape index (κ1) is 21.3. The summed E-state index contributed by atoms with van der Waals surface area (Å²) in [5, 5.41) is 3.78. The number of hydrogen-bond acceptors (Lipinski definition) is 5. The molecule has 1 heterocycles. The zero-order chi connectivity index (χ0) is 21.4. The molecule has 3 aromatic rings. The Bertz CT molecular complexity index is 1070. The molecule has 0 aliphatic carbocycles. The summed E-state index contributed by atoms with van der Waals surface area (Å²) in [6.07, 6.45) is 1.94. The largest absolute Gasteiger partial charge is 0.468 e. The van der Waals surface area contributed by atoms with E-state index >= 15 is 0 Å². The lowest BCUT2D eigenvalue weighted by atomic mass is 10.1. The normalized spacial score (nSPS) is 12.1. The second-order valence-corrected chi connectivity index (χ2v) is 8.69. The van der Waals surface area contributed by atoms with Crippen LogP contribution in [0.15, 0.2) is 88.4 Å². The number of sulfone groups is 1. The molecule has 7 nitrogen and oxygen atoms in total. The lowest BCUT2D eigenvalue weighted by Crippen LogP contribution is -2.42. The van der Waals surface area contributed by atoms with Crippen molar-refractivity contribution in [2.45, 2.75) is 16.6 Å². The maximum absolute atomic E-state index is 13.0. The summed E-state index contributed by atoms with van der Waals surface area (Å²) in [4.78, 5) is 24.3. The molecule has 0 saturated heterocycles. The third-order valence-corrected chi connectivity index (χ3v) is 6.58. The molecule has 2 amide bonds. The standard InChI is InChI=1S/C22H22N2O5S/c25-21(23-14-13-17-8-3-1-4-9-17)22(26)24-16-20(19-12-7-15-29-19)30(27,28)18-10-5-2-6-11-18/h1-12,15,20H,13-14,16H2,(H,23,25)(H,24,26)/t20-/m1/s1. The summed E-state index contributed by atoms with van der Waals surface area (Å²) in [5.41, 5.74) is 1.03. The Hall–Kier alpha value is -3.39. The van der Waals surface area contributed by atoms with Crippen LogP contribution in [0.4, 0.5) is 0 Å². The van der Waals surface area contributed by atoms with Gasteiger partial charge in [0.15, 0.2) is 9.84 Å². The maximum Gasteiger partial charge on any atom is 0.309 e. The lowest BCUT2D eigenvalue weighted by Gasteiger charge is -2.16. The lowest BCUT2D eigenvalue weighted by molar-refractivity contribution is -0.139. The number of furan rings is 1. The molecule has 0 bridgehead atoms. The van der Waals surface area contributed by atoms with E-state index in [1.54, 1.807) is 24.3 Å². The molecule has 30 heavy (non-hydrogen) atoms. The van der Waals surface area contributed by atoms with Gasteiger partial charge in [-0.3, -0.25) is 9.59 Å². The highest BCUT2D eigenvalue weighted by atomic mass is 32.2. The fourth-order valence-corrected chi connectivity index (χ4v) is 4.53. The van der Waals surface area contributed by atoms with Crippen molar-refractivity contribution in [3.05, 3.63) is 90.4 Å². The molecule has 0 saturated carbocycles. The van der Waals surface area contributed by atoms with Crippen molar-refractivity contribution in [2.24, 2.45) is 0 Å². The van der Waals surface area contributed by atoms with Crippen LogP contribution in [0.2, 0.25) is 0 Å². The average molecular weight is 426 g/mol. The Morgan fingerprint density at radius 3 is 2.10 bits per heavy atom. The first-order chi connectivity index (χ1) is 14.5. The van der Waals surface area contributed by atoms with Crippen LogP contribution < -0.4 is 10.6 Å². The van der Waals surface area contributed by atoms with Crippen molar-refractivity contribution >= 4 is 21.7 Å². The molecule has 0 aliphatic heterocycles. The number of nitrogens with one attached hydrogen (secondary N) is 2. The molecule has 0 radical (unpaired) electrons. The SMILES string of the molecule is O=C(NCCc1ccccc1)C(=O)NC[C@H](c1ccco1)S(=O)(=O)c1ccccc1. The van der Waals surface area contributed by atoms with Crippen molar-refractivity contribution in [1.82, 2.24) is 10.6 Å². The van der Waals surface area contributed by atoms with Gasteiger partial charge in [-0.25, -0.2) is 8.42 Å². The van der Waals surface area contributed by atoms with E-state index in [0.717, 1.165) is 5.56 Å². The number of carbonyl (C=O) groups excluding carboxylic acids is 2. The van der Waals surface area contributed by atoms with Crippen LogP contribution >= 0.6 is 0 Å². The van der Waals surface area contributed by atoms with Crippen LogP contribution in [-0.2, 0) is 25.8 Å². The minimum absolute atomic E-state index is 0.105. The van der Waals surface area contributed by atoms with Crippen LogP contribution in [0.1, 0.15) is 16.6 Å². The fraction of sp³-hybridized carbons (Fsp3) is 0.182. The fourth-order valence-electron chi connectivity index (χ4n) is 2.92. The number of benzene rings is 2. The van der Waals surface area contributed by atoms with Crippen LogP contribution in [0.25, 0.3) is 0 Å². The molecule has 2 aromatic carbocycles. The van der Waals surface area contributed by atoms with Gasteiger partial charge in [-0.1, -0.05) is 48.5 Å². The zero-order valence-corrected chi connectivity index (χ0v) is 17.0. The average Bonchev–Trinajstić information content (AvgIpc) is 3.29. The third-order valence-electron chi connectivity index (χ3n) is 4.50. The minimum Gasteiger partial charge on any atom is -0.468 e. The van der Waals surface area contributed by atoms with Crippen molar-refractivity contribution < 1.29 is 22.4 Å². The molecule has 0 aliphatic rings. The maximum atomic E-state index is 13.0. The number of hydrogen-bond donors (Lipinski definition) is 2. The number of carbonyl (C=O) groups is 2. The van der Waals surface area contributed by atoms with Crippen LogP contribution in [0.3, 0.4) is 0 Å². The highest BCUT2D eigenvalue weighted by Crippen LogP contribution is 2.28. The molecule has 3 rings (SSSR count). The molecule has 0 unspecified atom stereocenters. The van der Waals surface area contributed by atoms with Gasteiger partial charge in [-0.15, -0.1) is 0 Å². The van der Waals surface area contributed by atoms with Crippen molar-refractivity contribution in [3.8, 4) is 0 Å². The summed E-state index contributed by atoms with van der Waals surface area (Å²) in [6, 6.07) is 20.5. The molecule has 0 fully saturated rings. The summed E-state index contributed by atoms with van der Waals surface area (Å²) < 4.78 is 31.3. The molecule has 1 atom stereocenters. The van der Waals surface area contributed by atoms with Gasteiger partial charge in [0.25, 0.3) is 0 Å². The first-order valence-corrected chi connectivity index (χ1v) is 11.0. The first-order valence-electron chi connectivity index (χ1n) is 9.41. The van der Waals surface area contributed by atoms with E-state index in [-0.39, 0.29) is 17.2 Å². The molecular formula is C22H22N2O5S. The van der Waals surface area contributed by atoms with E-state index < -0.39 is 26.9 Å². The van der Waals surface area contributed by atoms with E-state index in [9.17, 15) is 18.0 Å². The highest BCUT2D eigenvalue weighted by molar-refractivity contribution is 7.91. The second kappa shape index (κ2) is 9.89. The Morgan fingerprint density at radius 2 is 1.47 bits per heavy atom. The Labute approximate surface area is 175 Å². The summed E-state index contributed by atoms with van der Waals surface area (Å²) >= 11 is 0. The Kier molecular flexibility index (Phi) is 7.03. The van der Waals surface area contributed by atoms with Gasteiger partial charge in [-0.05, 0) is 36.2 Å². The smallest absolute Gasteiger partial charge is 0.309 e. The second-order valence-electron chi connectivity index (χ2n) is 6.56. The highest BCUT2D eigenvalue weighted by Gasteiger charge is 2.32. The summed E-state index contributed by atoms with van der Waals surface area (Å²) in [7, 11) is -3.84. The summed E-state index contributed by atoms with van der Waals surface area (Å²) in [5.74, 6) is -1.53. The quantitative estimate of drug-likeness (QED) is 0.538. The van der Waals surface area contributed by atoms with E-state index in [2.05, 4.69) is 10.6 Å². The van der Waals surface area contributed by atoms with Crippen molar-refractivity contribution in [3.63, 3.8) is 0 Å². The van der Waals surface area contributed by atoms with Crippen LogP contribution in [0, 0.1) is 0 Å². The topological polar surface area (TPSA) is 105 Å². The van der Waals surface area contributed by atoms with E-state index in [1.807, 2.05) is 30.3 Å². The number of amides is 2. The van der Waals surface area contributed by atoms with Gasteiger partial charge in [0.1, 0.15) is 11.0 Å². The van der Waals surface area contributed by atoms with E-state index in [0.29, 0.717) is 13.0 Å². The molecule has 156 valence electrons. The van der Waals surface area contributed by atoms with Gasteiger partial charge in [0.05, 0.1) is 11.2 Å². The molecule has 8 heteroatoms. The van der Waals surface area contributed by atoms with E-state index in [1.165, 1.54) is 24.5 Å². The monoisotopic (exact) mass is 426 g/mol. The molecule has 0 spiro atoms. The Balaban J connectivity index is 1.61. The van der Waals surface area contributed by atoms with Gasteiger partial charge in [0, 0.05) is 13.1 Å². The predicted octanol–water partition coefficient (Wildman–Crippen LogP) is 2.27. The molecular weight excluding hydrogens is 404 g/mol. The van der Waals surface area contributed by atoms with Gasteiger partial charge >= 0.3 is 11.8 Å². The number of rotatable bonds is 8.